The molecule has 8 nitrogen and oxygen atoms in total. The van der Waals surface area contributed by atoms with Crippen molar-refractivity contribution in [1.29, 1.82) is 0 Å². The summed E-state index contributed by atoms with van der Waals surface area (Å²) in [6.07, 6.45) is 0.765. The van der Waals surface area contributed by atoms with Crippen molar-refractivity contribution in [1.82, 2.24) is 25.5 Å². The summed E-state index contributed by atoms with van der Waals surface area (Å²) >= 11 is 0. The van der Waals surface area contributed by atoms with Crippen molar-refractivity contribution in [3.05, 3.63) is 65.2 Å². The number of aromatic nitrogens is 4. The molecule has 1 heterocycles. The van der Waals surface area contributed by atoms with Crippen LogP contribution in [0.3, 0.4) is 0 Å². The average molecular weight is 364 g/mol. The van der Waals surface area contributed by atoms with Crippen LogP contribution in [0.15, 0.2) is 48.5 Å². The second-order valence-electron chi connectivity index (χ2n) is 6.11. The van der Waals surface area contributed by atoms with Gasteiger partial charge in [-0.3, -0.25) is 9.59 Å². The first-order valence-corrected chi connectivity index (χ1v) is 8.52. The number of nitrogens with one attached hydrogen (secondary N) is 1. The summed E-state index contributed by atoms with van der Waals surface area (Å²) in [7, 11) is 0. The topological polar surface area (TPSA) is 116 Å². The lowest BCUT2D eigenvalue weighted by Gasteiger charge is -2.07. The van der Waals surface area contributed by atoms with Crippen molar-refractivity contribution >= 4 is 11.8 Å². The third kappa shape index (κ3) is 4.75. The van der Waals surface area contributed by atoms with E-state index in [1.165, 1.54) is 15.9 Å². The maximum absolute atomic E-state index is 12.1. The number of aryl methyl sites for hydroxylation is 1. The first-order valence-electron chi connectivity index (χ1n) is 8.52. The minimum Gasteiger partial charge on any atom is -0.366 e. The lowest BCUT2D eigenvalue weighted by Crippen LogP contribution is -2.30. The Hall–Kier alpha value is -3.55. The summed E-state index contributed by atoms with van der Waals surface area (Å²) in [6.45, 7) is 2.58. The predicted octanol–water partition coefficient (Wildman–Crippen LogP) is 1.11. The van der Waals surface area contributed by atoms with Crippen LogP contribution in [0.2, 0.25) is 0 Å². The van der Waals surface area contributed by atoms with E-state index in [4.69, 9.17) is 5.73 Å². The van der Waals surface area contributed by atoms with Crippen molar-refractivity contribution in [3.63, 3.8) is 0 Å². The van der Waals surface area contributed by atoms with Gasteiger partial charge in [-0.25, -0.2) is 0 Å². The smallest absolute Gasteiger partial charge is 0.248 e. The molecule has 2 amide bonds. The number of amides is 2. The zero-order valence-corrected chi connectivity index (χ0v) is 14.9. The quantitative estimate of drug-likeness (QED) is 0.651. The third-order valence-electron chi connectivity index (χ3n) is 4.14. The monoisotopic (exact) mass is 364 g/mol. The van der Waals surface area contributed by atoms with Gasteiger partial charge in [-0.2, -0.15) is 4.80 Å². The highest BCUT2D eigenvalue weighted by molar-refractivity contribution is 5.93. The number of carbonyl (C=O) groups is 2. The third-order valence-corrected chi connectivity index (χ3v) is 4.14. The van der Waals surface area contributed by atoms with Crippen LogP contribution in [0.5, 0.6) is 0 Å². The molecule has 1 aromatic heterocycles. The zero-order valence-electron chi connectivity index (χ0n) is 14.9. The van der Waals surface area contributed by atoms with Crippen LogP contribution in [0, 0.1) is 6.92 Å². The van der Waals surface area contributed by atoms with Crippen molar-refractivity contribution in [2.24, 2.45) is 5.73 Å². The van der Waals surface area contributed by atoms with Gasteiger partial charge in [-0.15, -0.1) is 10.2 Å². The highest BCUT2D eigenvalue weighted by Crippen LogP contribution is 2.14. The van der Waals surface area contributed by atoms with Crippen LogP contribution in [-0.2, 0) is 17.8 Å². The Balaban J connectivity index is 1.53. The lowest BCUT2D eigenvalue weighted by atomic mass is 10.1. The Bertz CT molecular complexity index is 949. The maximum atomic E-state index is 12.1. The molecule has 0 atom stereocenters. The van der Waals surface area contributed by atoms with Gasteiger partial charge < -0.3 is 11.1 Å². The Kier molecular flexibility index (Phi) is 5.55. The average Bonchev–Trinajstić information content (AvgIpc) is 3.12. The second kappa shape index (κ2) is 8.22. The molecule has 3 aromatic rings. The van der Waals surface area contributed by atoms with Crippen LogP contribution in [0.25, 0.3) is 11.4 Å². The molecule has 3 N–H and O–H groups in total. The molecule has 0 unspecified atom stereocenters. The first-order chi connectivity index (χ1) is 13.0. The van der Waals surface area contributed by atoms with Crippen LogP contribution >= 0.6 is 0 Å². The van der Waals surface area contributed by atoms with Gasteiger partial charge in [0.25, 0.3) is 0 Å². The molecule has 0 spiro atoms. The number of primary amides is 1. The van der Waals surface area contributed by atoms with E-state index >= 15 is 0 Å². The van der Waals surface area contributed by atoms with E-state index in [1.54, 1.807) is 24.3 Å². The molecule has 3 rings (SSSR count). The van der Waals surface area contributed by atoms with Crippen molar-refractivity contribution in [2.75, 3.05) is 6.54 Å². The predicted molar refractivity (Wildman–Crippen MR) is 99.7 cm³/mol. The number of hydrogen-bond acceptors (Lipinski definition) is 5. The van der Waals surface area contributed by atoms with E-state index in [2.05, 4.69) is 26.8 Å². The number of nitrogens with two attached hydrogens (primary N) is 1. The highest BCUT2D eigenvalue weighted by atomic mass is 16.2. The molecule has 2 aromatic carbocycles. The summed E-state index contributed by atoms with van der Waals surface area (Å²) in [5.74, 6) is -0.309. The van der Waals surface area contributed by atoms with Gasteiger partial charge in [0.2, 0.25) is 17.6 Å². The van der Waals surface area contributed by atoms with Crippen molar-refractivity contribution in [2.45, 2.75) is 19.9 Å². The number of hydrogen-bond donors (Lipinski definition) is 2. The summed E-state index contributed by atoms with van der Waals surface area (Å²) in [5.41, 5.74) is 8.72. The SMILES string of the molecule is Cc1ccccc1CCNC(=O)Cn1nnc(-c2ccc(C(N)=O)cc2)n1. The van der Waals surface area contributed by atoms with E-state index in [1.807, 2.05) is 25.1 Å². The Morgan fingerprint density at radius 2 is 1.85 bits per heavy atom. The summed E-state index contributed by atoms with van der Waals surface area (Å²) < 4.78 is 0. The molecule has 138 valence electrons. The van der Waals surface area contributed by atoms with Gasteiger partial charge in [0.05, 0.1) is 0 Å². The number of rotatable bonds is 7. The molecule has 0 bridgehead atoms. The van der Waals surface area contributed by atoms with E-state index < -0.39 is 5.91 Å². The molecule has 0 aliphatic rings. The van der Waals surface area contributed by atoms with Crippen molar-refractivity contribution < 1.29 is 9.59 Å². The van der Waals surface area contributed by atoms with E-state index in [-0.39, 0.29) is 12.5 Å². The number of nitrogens with zero attached hydrogens (tertiary/aromatic N) is 4. The van der Waals surface area contributed by atoms with Gasteiger partial charge in [-0.05, 0) is 41.8 Å². The van der Waals surface area contributed by atoms with E-state index in [0.29, 0.717) is 23.5 Å². The Labute approximate surface area is 156 Å². The fraction of sp³-hybridized carbons (Fsp3) is 0.211. The first kappa shape index (κ1) is 18.2. The highest BCUT2D eigenvalue weighted by Gasteiger charge is 2.10. The van der Waals surface area contributed by atoms with Gasteiger partial charge >= 0.3 is 0 Å². The van der Waals surface area contributed by atoms with Gasteiger partial charge in [0, 0.05) is 17.7 Å². The van der Waals surface area contributed by atoms with Gasteiger partial charge in [0.1, 0.15) is 6.54 Å². The van der Waals surface area contributed by atoms with E-state index in [9.17, 15) is 9.59 Å². The van der Waals surface area contributed by atoms with E-state index in [0.717, 1.165) is 6.42 Å². The maximum Gasteiger partial charge on any atom is 0.248 e. The van der Waals surface area contributed by atoms with Gasteiger partial charge in [-0.1, -0.05) is 36.4 Å². The largest absolute Gasteiger partial charge is 0.366 e. The molecule has 0 aliphatic heterocycles. The molecular weight excluding hydrogens is 344 g/mol. The molecule has 0 saturated heterocycles. The normalized spacial score (nSPS) is 10.6. The number of carbonyl (C=O) groups excluding carboxylic acids is 2. The summed E-state index contributed by atoms with van der Waals surface area (Å²) in [6, 6.07) is 14.6. The van der Waals surface area contributed by atoms with Crippen LogP contribution < -0.4 is 11.1 Å². The van der Waals surface area contributed by atoms with Crippen molar-refractivity contribution in [3.8, 4) is 11.4 Å². The Morgan fingerprint density at radius 1 is 1.11 bits per heavy atom. The van der Waals surface area contributed by atoms with Gasteiger partial charge in [0.15, 0.2) is 0 Å². The zero-order chi connectivity index (χ0) is 19.2. The lowest BCUT2D eigenvalue weighted by molar-refractivity contribution is -0.122. The fourth-order valence-corrected chi connectivity index (χ4v) is 2.62. The standard InChI is InChI=1S/C19H20N6O2/c1-13-4-2-3-5-14(13)10-11-21-17(26)12-25-23-19(22-24-25)16-8-6-15(7-9-16)18(20)27/h2-9H,10-12H2,1H3,(H2,20,27)(H,21,26). The second-order valence-corrected chi connectivity index (χ2v) is 6.11. The molecule has 0 saturated carbocycles. The summed E-state index contributed by atoms with van der Waals surface area (Å²) in [4.78, 5) is 24.4. The molecule has 0 aliphatic carbocycles. The minimum absolute atomic E-state index is 0.0137. The molecular formula is C19H20N6O2. The molecule has 8 heteroatoms. The molecule has 0 fully saturated rings. The minimum atomic E-state index is -0.500. The number of benzene rings is 2. The summed E-state index contributed by atoms with van der Waals surface area (Å²) in [5, 5.41) is 14.9. The molecule has 27 heavy (non-hydrogen) atoms. The number of tetrazole rings is 1. The van der Waals surface area contributed by atoms with Crippen LogP contribution in [0.1, 0.15) is 21.5 Å². The fourth-order valence-electron chi connectivity index (χ4n) is 2.62. The Morgan fingerprint density at radius 3 is 2.56 bits per heavy atom. The molecule has 0 radical (unpaired) electrons. The van der Waals surface area contributed by atoms with Crippen LogP contribution in [-0.4, -0.2) is 38.6 Å². The van der Waals surface area contributed by atoms with Crippen LogP contribution in [0.4, 0.5) is 0 Å².